The lowest BCUT2D eigenvalue weighted by Crippen LogP contribution is -2.26. The summed E-state index contributed by atoms with van der Waals surface area (Å²) in [6.07, 6.45) is 18.0. The molecule has 0 saturated carbocycles. The number of fused-ring (bicyclic) bond motifs is 13. The first-order valence-corrected chi connectivity index (χ1v) is 23.5. The zero-order valence-corrected chi connectivity index (χ0v) is 36.7. The molecule has 0 atom stereocenters. The van der Waals surface area contributed by atoms with Crippen LogP contribution in [0, 0.1) is 13.8 Å². The summed E-state index contributed by atoms with van der Waals surface area (Å²) in [5, 5.41) is 9.76. The number of aromatic nitrogens is 2. The monoisotopic (exact) mass is 800 g/mol. The van der Waals surface area contributed by atoms with Crippen molar-refractivity contribution in [2.45, 2.75) is 128 Å². The molecule has 0 radical (unpaired) electrons. The Hall–Kier alpha value is -5.54. The Morgan fingerprint density at radius 3 is 1.52 bits per heavy atom. The van der Waals surface area contributed by atoms with Crippen molar-refractivity contribution >= 4 is 0 Å². The third kappa shape index (κ3) is 6.45. The molecular weight excluding hydrogens is 741 g/mol. The number of rotatable bonds is 16. The van der Waals surface area contributed by atoms with Crippen molar-refractivity contribution in [2.24, 2.45) is 0 Å². The van der Waals surface area contributed by atoms with E-state index in [2.05, 4.69) is 149 Å². The maximum atomic E-state index is 6.92. The van der Waals surface area contributed by atoms with Crippen molar-refractivity contribution in [3.05, 3.63) is 166 Å². The van der Waals surface area contributed by atoms with Crippen LogP contribution in [0.5, 0.6) is 0 Å². The number of nitrogens with zero attached hydrogens (tertiary/aromatic N) is 2. The van der Waals surface area contributed by atoms with Gasteiger partial charge in [0.25, 0.3) is 0 Å². The SMILES string of the molecule is CCCCCCCCC1(CCCCCCCC)c2cc(C)ccc2-c2c(-c3nnc(-c4ccc5c(c4)C4(c6ccccc6-c6ccccc64)c4ccccc4-5)o3)cc(C)cc21. The van der Waals surface area contributed by atoms with Gasteiger partial charge in [0.15, 0.2) is 0 Å². The molecule has 0 unspecified atom stereocenters. The van der Waals surface area contributed by atoms with E-state index in [-0.39, 0.29) is 5.41 Å². The van der Waals surface area contributed by atoms with Gasteiger partial charge < -0.3 is 4.42 Å². The normalized spacial score (nSPS) is 14.4. The van der Waals surface area contributed by atoms with E-state index in [1.807, 2.05) is 0 Å². The van der Waals surface area contributed by atoms with Gasteiger partial charge in [-0.05, 0) is 117 Å². The molecule has 7 aromatic rings. The van der Waals surface area contributed by atoms with Crippen molar-refractivity contribution in [1.82, 2.24) is 10.2 Å². The maximum absolute atomic E-state index is 6.92. The summed E-state index contributed by atoms with van der Waals surface area (Å²) in [4.78, 5) is 0. The number of hydrogen-bond acceptors (Lipinski definition) is 3. The molecule has 61 heavy (non-hydrogen) atoms. The molecule has 3 aliphatic carbocycles. The third-order valence-corrected chi connectivity index (χ3v) is 14.6. The molecule has 0 saturated heterocycles. The van der Waals surface area contributed by atoms with Gasteiger partial charge in [-0.2, -0.15) is 0 Å². The van der Waals surface area contributed by atoms with Gasteiger partial charge in [0.2, 0.25) is 11.8 Å². The Labute approximate surface area is 363 Å². The number of benzene rings is 6. The van der Waals surface area contributed by atoms with Crippen LogP contribution in [0.4, 0.5) is 0 Å². The molecule has 1 spiro atoms. The van der Waals surface area contributed by atoms with Crippen LogP contribution in [0.25, 0.3) is 56.3 Å². The Bertz CT molecular complexity index is 2650. The van der Waals surface area contributed by atoms with Crippen LogP contribution in [-0.4, -0.2) is 10.2 Å². The molecule has 308 valence electrons. The summed E-state index contributed by atoms with van der Waals surface area (Å²) in [5.41, 5.74) is 20.2. The van der Waals surface area contributed by atoms with Gasteiger partial charge >= 0.3 is 0 Å². The zero-order chi connectivity index (χ0) is 41.6. The smallest absolute Gasteiger partial charge is 0.248 e. The molecule has 0 N–H and O–H groups in total. The van der Waals surface area contributed by atoms with E-state index < -0.39 is 5.41 Å². The maximum Gasteiger partial charge on any atom is 0.248 e. The van der Waals surface area contributed by atoms with E-state index in [9.17, 15) is 0 Å². The quantitative estimate of drug-likeness (QED) is 0.0914. The van der Waals surface area contributed by atoms with Crippen LogP contribution in [0.15, 0.2) is 126 Å². The Kier molecular flexibility index (Phi) is 10.6. The van der Waals surface area contributed by atoms with Gasteiger partial charge in [-0.15, -0.1) is 10.2 Å². The number of hydrogen-bond donors (Lipinski definition) is 0. The van der Waals surface area contributed by atoms with E-state index in [0.29, 0.717) is 11.8 Å². The van der Waals surface area contributed by atoms with Crippen LogP contribution >= 0.6 is 0 Å². The molecule has 0 aliphatic heterocycles. The predicted molar refractivity (Wildman–Crippen MR) is 253 cm³/mol. The average molecular weight is 801 g/mol. The summed E-state index contributed by atoms with van der Waals surface area (Å²) >= 11 is 0. The number of aryl methyl sites for hydroxylation is 2. The molecule has 6 aromatic carbocycles. The fourth-order valence-corrected chi connectivity index (χ4v) is 11.8. The largest absolute Gasteiger partial charge is 0.416 e. The lowest BCUT2D eigenvalue weighted by Gasteiger charge is -2.33. The van der Waals surface area contributed by atoms with E-state index in [1.54, 1.807) is 0 Å². The highest BCUT2D eigenvalue weighted by Gasteiger charge is 2.51. The number of unbranched alkanes of at least 4 members (excludes halogenated alkanes) is 10. The van der Waals surface area contributed by atoms with Gasteiger partial charge in [-0.25, -0.2) is 0 Å². The van der Waals surface area contributed by atoms with Gasteiger partial charge in [-0.1, -0.05) is 200 Å². The lowest BCUT2D eigenvalue weighted by molar-refractivity contribution is 0.397. The van der Waals surface area contributed by atoms with Crippen molar-refractivity contribution in [2.75, 3.05) is 0 Å². The fraction of sp³-hybridized carbons (Fsp3) is 0.345. The molecule has 1 aromatic heterocycles. The second-order valence-corrected chi connectivity index (χ2v) is 18.5. The van der Waals surface area contributed by atoms with Crippen LogP contribution in [0.2, 0.25) is 0 Å². The second kappa shape index (κ2) is 16.4. The highest BCUT2D eigenvalue weighted by molar-refractivity contribution is 5.96. The van der Waals surface area contributed by atoms with Gasteiger partial charge in [0.1, 0.15) is 0 Å². The van der Waals surface area contributed by atoms with Crippen molar-refractivity contribution < 1.29 is 4.42 Å². The van der Waals surface area contributed by atoms with Crippen molar-refractivity contribution in [3.8, 4) is 56.3 Å². The van der Waals surface area contributed by atoms with E-state index in [0.717, 1.165) is 11.1 Å². The molecule has 0 bridgehead atoms. The van der Waals surface area contributed by atoms with Crippen LogP contribution in [0.1, 0.15) is 148 Å². The van der Waals surface area contributed by atoms with Crippen molar-refractivity contribution in [3.63, 3.8) is 0 Å². The minimum absolute atomic E-state index is 0.0208. The standard InChI is InChI=1S/C58H60N2O/c1-5-7-9-11-13-21-33-57(34-22-14-12-10-8-6-2)51-36-39(3)29-31-46(51)54-47(35-40(4)37-53(54)57)56-60-59-55(61-56)41-30-32-45-44-25-17-20-28-50(44)58(52(45)38-41)48-26-18-15-23-42(48)43-24-16-19-27-49(43)58/h15-20,23-32,35-38H,5-14,21-22,33-34H2,1-4H3. The Balaban J connectivity index is 1.07. The van der Waals surface area contributed by atoms with E-state index in [1.165, 1.54) is 168 Å². The fourth-order valence-electron chi connectivity index (χ4n) is 11.8. The minimum Gasteiger partial charge on any atom is -0.416 e. The minimum atomic E-state index is -0.424. The molecule has 3 nitrogen and oxygen atoms in total. The van der Waals surface area contributed by atoms with Gasteiger partial charge in [0.05, 0.1) is 5.41 Å². The van der Waals surface area contributed by atoms with E-state index in [4.69, 9.17) is 14.6 Å². The van der Waals surface area contributed by atoms with Crippen molar-refractivity contribution in [1.29, 1.82) is 0 Å². The van der Waals surface area contributed by atoms with Gasteiger partial charge in [-0.3, -0.25) is 0 Å². The summed E-state index contributed by atoms with van der Waals surface area (Å²) in [6, 6.07) is 45.7. The molecule has 3 heteroatoms. The summed E-state index contributed by atoms with van der Waals surface area (Å²) < 4.78 is 6.92. The summed E-state index contributed by atoms with van der Waals surface area (Å²) in [7, 11) is 0. The van der Waals surface area contributed by atoms with Crippen LogP contribution < -0.4 is 0 Å². The molecule has 3 aliphatic rings. The Morgan fingerprint density at radius 2 is 0.918 bits per heavy atom. The first-order chi connectivity index (χ1) is 30.0. The first-order valence-electron chi connectivity index (χ1n) is 23.5. The average Bonchev–Trinajstić information content (AvgIpc) is 4.03. The predicted octanol–water partition coefficient (Wildman–Crippen LogP) is 16.1. The molecular formula is C58H60N2O. The molecule has 10 rings (SSSR count). The third-order valence-electron chi connectivity index (χ3n) is 14.6. The zero-order valence-electron chi connectivity index (χ0n) is 36.7. The van der Waals surface area contributed by atoms with E-state index >= 15 is 0 Å². The first kappa shape index (κ1) is 39.6. The van der Waals surface area contributed by atoms with Gasteiger partial charge in [0, 0.05) is 16.5 Å². The highest BCUT2D eigenvalue weighted by atomic mass is 16.4. The molecule has 0 fully saturated rings. The molecule has 0 amide bonds. The lowest BCUT2D eigenvalue weighted by atomic mass is 9.70. The van der Waals surface area contributed by atoms with Crippen LogP contribution in [0.3, 0.4) is 0 Å². The topological polar surface area (TPSA) is 38.9 Å². The summed E-state index contributed by atoms with van der Waals surface area (Å²) in [6.45, 7) is 9.14. The summed E-state index contributed by atoms with van der Waals surface area (Å²) in [5.74, 6) is 1.16. The Morgan fingerprint density at radius 1 is 0.410 bits per heavy atom. The second-order valence-electron chi connectivity index (χ2n) is 18.5. The molecule has 1 heterocycles. The highest BCUT2D eigenvalue weighted by Crippen LogP contribution is 2.63. The van der Waals surface area contributed by atoms with Crippen LogP contribution in [-0.2, 0) is 10.8 Å².